The highest BCUT2D eigenvalue weighted by Gasteiger charge is 2.04. The van der Waals surface area contributed by atoms with Crippen molar-refractivity contribution < 1.29 is 14.2 Å². The Labute approximate surface area is 167 Å². The Balaban J connectivity index is 1.60. The molecule has 28 heavy (non-hydrogen) atoms. The van der Waals surface area contributed by atoms with Crippen molar-refractivity contribution in [2.24, 2.45) is 10.7 Å². The fourth-order valence-electron chi connectivity index (χ4n) is 2.66. The Hall–Kier alpha value is -2.89. The molecule has 0 atom stereocenters. The molecule has 152 valence electrons. The second-order valence-electron chi connectivity index (χ2n) is 6.50. The molecule has 2 rings (SSSR count). The van der Waals surface area contributed by atoms with Crippen LogP contribution in [0.15, 0.2) is 47.5 Å². The lowest BCUT2D eigenvalue weighted by Gasteiger charge is -2.10. The third-order valence-corrected chi connectivity index (χ3v) is 4.29. The van der Waals surface area contributed by atoms with E-state index in [1.165, 1.54) is 5.56 Å². The molecule has 0 radical (unpaired) electrons. The number of nitrogens with two attached hydrogens (primary N) is 1. The van der Waals surface area contributed by atoms with Gasteiger partial charge in [-0.15, -0.1) is 0 Å². The van der Waals surface area contributed by atoms with E-state index in [1.807, 2.05) is 42.5 Å². The molecule has 0 bridgehead atoms. The summed E-state index contributed by atoms with van der Waals surface area (Å²) < 4.78 is 16.3. The van der Waals surface area contributed by atoms with E-state index >= 15 is 0 Å². The molecule has 0 spiro atoms. The van der Waals surface area contributed by atoms with Gasteiger partial charge in [0.15, 0.2) is 17.5 Å². The van der Waals surface area contributed by atoms with Gasteiger partial charge >= 0.3 is 0 Å². The van der Waals surface area contributed by atoms with E-state index in [4.69, 9.17) is 19.9 Å². The highest BCUT2D eigenvalue weighted by molar-refractivity contribution is 5.77. The Morgan fingerprint density at radius 3 is 2.46 bits per heavy atom. The highest BCUT2D eigenvalue weighted by Crippen LogP contribution is 2.27. The van der Waals surface area contributed by atoms with Crippen molar-refractivity contribution >= 4 is 5.96 Å². The third kappa shape index (κ3) is 7.39. The molecule has 0 aliphatic heterocycles. The predicted octanol–water partition coefficient (Wildman–Crippen LogP) is 3.32. The summed E-state index contributed by atoms with van der Waals surface area (Å²) in [6.07, 6.45) is 2.70. The number of nitrogens with one attached hydrogen (secondary N) is 1. The first-order valence-corrected chi connectivity index (χ1v) is 9.56. The van der Waals surface area contributed by atoms with Crippen LogP contribution in [0.4, 0.5) is 0 Å². The maximum Gasteiger partial charge on any atom is 0.188 e. The van der Waals surface area contributed by atoms with E-state index in [1.54, 1.807) is 14.2 Å². The lowest BCUT2D eigenvalue weighted by molar-refractivity contribution is 0.308. The lowest BCUT2D eigenvalue weighted by atomic mass is 10.1. The van der Waals surface area contributed by atoms with Crippen molar-refractivity contribution in [3.05, 3.63) is 53.6 Å². The molecular formula is C22H31N3O3. The van der Waals surface area contributed by atoms with Gasteiger partial charge in [-0.05, 0) is 56.0 Å². The van der Waals surface area contributed by atoms with Crippen molar-refractivity contribution in [2.45, 2.75) is 26.2 Å². The zero-order chi connectivity index (χ0) is 20.2. The quantitative estimate of drug-likeness (QED) is 0.352. The van der Waals surface area contributed by atoms with Crippen LogP contribution in [0.1, 0.15) is 24.0 Å². The second kappa shape index (κ2) is 11.7. The van der Waals surface area contributed by atoms with E-state index in [2.05, 4.69) is 17.2 Å². The van der Waals surface area contributed by atoms with Gasteiger partial charge in [-0.25, -0.2) is 0 Å². The van der Waals surface area contributed by atoms with Crippen LogP contribution in [0.2, 0.25) is 0 Å². The zero-order valence-corrected chi connectivity index (χ0v) is 17.0. The standard InChI is InChI=1S/C22H31N3O3/c1-17-6-9-19(10-7-17)28-15-5-4-13-24-22(23)25-14-12-18-8-11-20(26-2)21(16-18)27-3/h6-11,16H,4-5,12-15H2,1-3H3,(H3,23,24,25). The summed E-state index contributed by atoms with van der Waals surface area (Å²) in [5.74, 6) is 2.84. The first-order valence-electron chi connectivity index (χ1n) is 9.56. The topological polar surface area (TPSA) is 78.1 Å². The Morgan fingerprint density at radius 2 is 1.75 bits per heavy atom. The normalized spacial score (nSPS) is 11.2. The van der Waals surface area contributed by atoms with Gasteiger partial charge < -0.3 is 25.3 Å². The van der Waals surface area contributed by atoms with Gasteiger partial charge in [0.1, 0.15) is 5.75 Å². The van der Waals surface area contributed by atoms with Gasteiger partial charge in [-0.2, -0.15) is 0 Å². The van der Waals surface area contributed by atoms with E-state index < -0.39 is 0 Å². The minimum Gasteiger partial charge on any atom is -0.494 e. The summed E-state index contributed by atoms with van der Waals surface area (Å²) in [4.78, 5) is 4.36. The van der Waals surface area contributed by atoms with Crippen LogP contribution in [-0.2, 0) is 6.42 Å². The summed E-state index contributed by atoms with van der Waals surface area (Å²) in [6.45, 7) is 4.15. The van der Waals surface area contributed by atoms with Crippen LogP contribution in [-0.4, -0.2) is 39.9 Å². The van der Waals surface area contributed by atoms with Crippen molar-refractivity contribution in [3.63, 3.8) is 0 Å². The van der Waals surface area contributed by atoms with Crippen molar-refractivity contribution in [2.75, 3.05) is 33.9 Å². The molecule has 0 amide bonds. The number of aryl methyl sites for hydroxylation is 1. The maximum absolute atomic E-state index is 5.92. The van der Waals surface area contributed by atoms with Crippen LogP contribution < -0.4 is 25.3 Å². The van der Waals surface area contributed by atoms with Gasteiger partial charge in [0.25, 0.3) is 0 Å². The minimum absolute atomic E-state index is 0.472. The molecule has 0 unspecified atom stereocenters. The summed E-state index contributed by atoms with van der Waals surface area (Å²) in [5, 5.41) is 3.14. The molecule has 0 saturated carbocycles. The highest BCUT2D eigenvalue weighted by atomic mass is 16.5. The van der Waals surface area contributed by atoms with Crippen LogP contribution in [0.25, 0.3) is 0 Å². The molecule has 2 aromatic carbocycles. The summed E-state index contributed by atoms with van der Waals surface area (Å²) >= 11 is 0. The number of aliphatic imine (C=N–C) groups is 1. The number of ether oxygens (including phenoxy) is 3. The molecule has 0 aliphatic rings. The van der Waals surface area contributed by atoms with Crippen LogP contribution in [0.5, 0.6) is 17.2 Å². The number of hydrogen-bond donors (Lipinski definition) is 2. The fourth-order valence-corrected chi connectivity index (χ4v) is 2.66. The fraction of sp³-hybridized carbons (Fsp3) is 0.409. The molecule has 6 heteroatoms. The molecule has 2 aromatic rings. The molecule has 0 aliphatic carbocycles. The minimum atomic E-state index is 0.472. The largest absolute Gasteiger partial charge is 0.494 e. The van der Waals surface area contributed by atoms with Crippen LogP contribution >= 0.6 is 0 Å². The van der Waals surface area contributed by atoms with Crippen molar-refractivity contribution in [3.8, 4) is 17.2 Å². The number of benzene rings is 2. The Bertz CT molecular complexity index is 745. The molecule has 0 aromatic heterocycles. The van der Waals surface area contributed by atoms with E-state index in [9.17, 15) is 0 Å². The number of guanidine groups is 1. The monoisotopic (exact) mass is 385 g/mol. The van der Waals surface area contributed by atoms with Gasteiger partial charge in [-0.3, -0.25) is 4.99 Å². The third-order valence-electron chi connectivity index (χ3n) is 4.29. The van der Waals surface area contributed by atoms with Gasteiger partial charge in [0, 0.05) is 13.1 Å². The Kier molecular flexibility index (Phi) is 8.98. The van der Waals surface area contributed by atoms with Crippen molar-refractivity contribution in [1.82, 2.24) is 5.32 Å². The maximum atomic E-state index is 5.92. The second-order valence-corrected chi connectivity index (χ2v) is 6.50. The summed E-state index contributed by atoms with van der Waals surface area (Å²) in [6, 6.07) is 14.0. The lowest BCUT2D eigenvalue weighted by Crippen LogP contribution is -2.33. The number of unbranched alkanes of at least 4 members (excludes halogenated alkanes) is 1. The van der Waals surface area contributed by atoms with Crippen LogP contribution in [0, 0.1) is 6.92 Å². The van der Waals surface area contributed by atoms with E-state index in [0.29, 0.717) is 25.7 Å². The summed E-state index contributed by atoms with van der Waals surface area (Å²) in [7, 11) is 3.27. The van der Waals surface area contributed by atoms with Gasteiger partial charge in [0.2, 0.25) is 0 Å². The van der Waals surface area contributed by atoms with E-state index in [0.717, 1.165) is 42.1 Å². The SMILES string of the molecule is COc1ccc(CCNC(N)=NCCCCOc2ccc(C)cc2)cc1OC. The molecule has 6 nitrogen and oxygen atoms in total. The predicted molar refractivity (Wildman–Crippen MR) is 114 cm³/mol. The van der Waals surface area contributed by atoms with Crippen LogP contribution in [0.3, 0.4) is 0 Å². The molecule has 0 saturated heterocycles. The first-order chi connectivity index (χ1) is 13.6. The zero-order valence-electron chi connectivity index (χ0n) is 17.0. The number of hydrogen-bond acceptors (Lipinski definition) is 4. The average molecular weight is 386 g/mol. The molecular weight excluding hydrogens is 354 g/mol. The van der Waals surface area contributed by atoms with Crippen molar-refractivity contribution in [1.29, 1.82) is 0 Å². The van der Waals surface area contributed by atoms with Gasteiger partial charge in [0.05, 0.1) is 20.8 Å². The van der Waals surface area contributed by atoms with Gasteiger partial charge in [-0.1, -0.05) is 23.8 Å². The Morgan fingerprint density at radius 1 is 1.00 bits per heavy atom. The number of methoxy groups -OCH3 is 2. The molecule has 3 N–H and O–H groups in total. The average Bonchev–Trinajstić information content (AvgIpc) is 2.71. The van der Waals surface area contributed by atoms with E-state index in [-0.39, 0.29) is 0 Å². The number of rotatable bonds is 11. The molecule has 0 fully saturated rings. The molecule has 0 heterocycles. The smallest absolute Gasteiger partial charge is 0.188 e. The first kappa shape index (κ1) is 21.4. The summed E-state index contributed by atoms with van der Waals surface area (Å²) in [5.41, 5.74) is 8.30. The number of nitrogens with zero attached hydrogens (tertiary/aromatic N) is 1.